The third kappa shape index (κ3) is 2.73. The van der Waals surface area contributed by atoms with E-state index in [2.05, 4.69) is 0 Å². The number of halogens is 2. The molecule has 45 valence electrons. The standard InChI is InChI=1S/C6H3F2.Ti/c7-5-2-1-3-6(8)4-5;/h1-3H;. The van der Waals surface area contributed by atoms with Gasteiger partial charge in [0.2, 0.25) is 0 Å². The molecule has 0 nitrogen and oxygen atoms in total. The molecule has 0 aliphatic rings. The molecule has 0 atom stereocenters. The minimum atomic E-state index is -0.662. The first-order valence-electron chi connectivity index (χ1n) is 2.12. The summed E-state index contributed by atoms with van der Waals surface area (Å²) in [5, 5.41) is 0. The summed E-state index contributed by atoms with van der Waals surface area (Å²) in [4.78, 5) is 0. The number of hydrogen-bond donors (Lipinski definition) is 0. The Morgan fingerprint density at radius 2 is 1.56 bits per heavy atom. The molecule has 1 aromatic carbocycles. The van der Waals surface area contributed by atoms with Crippen LogP contribution >= 0.6 is 0 Å². The molecule has 0 fully saturated rings. The number of hydrogen-bond acceptors (Lipinski definition) is 0. The van der Waals surface area contributed by atoms with Gasteiger partial charge in [0.1, 0.15) is 11.6 Å². The van der Waals surface area contributed by atoms with E-state index in [0.717, 1.165) is 12.1 Å². The summed E-state index contributed by atoms with van der Waals surface area (Å²) in [7, 11) is 0. The van der Waals surface area contributed by atoms with Crippen molar-refractivity contribution < 1.29 is 30.5 Å². The molecule has 0 saturated carbocycles. The van der Waals surface area contributed by atoms with Crippen LogP contribution in [-0.2, 0) is 21.7 Å². The number of benzene rings is 1. The maximum absolute atomic E-state index is 11.9. The van der Waals surface area contributed by atoms with Gasteiger partial charge in [-0.25, -0.2) is 8.78 Å². The molecule has 0 bridgehead atoms. The van der Waals surface area contributed by atoms with Crippen molar-refractivity contribution in [2.24, 2.45) is 0 Å². The fourth-order valence-corrected chi connectivity index (χ4v) is 0.414. The van der Waals surface area contributed by atoms with Crippen LogP contribution in [0.3, 0.4) is 0 Å². The van der Waals surface area contributed by atoms with Crippen molar-refractivity contribution in [1.82, 2.24) is 0 Å². The molecular formula is C6H3F2Ti. The first-order valence-corrected chi connectivity index (χ1v) is 2.12. The van der Waals surface area contributed by atoms with Crippen molar-refractivity contribution in [2.75, 3.05) is 0 Å². The average molecular weight is 161 g/mol. The molecule has 0 aromatic heterocycles. The van der Waals surface area contributed by atoms with Crippen LogP contribution in [0.15, 0.2) is 18.2 Å². The summed E-state index contributed by atoms with van der Waals surface area (Å²) < 4.78 is 23.7. The Morgan fingerprint density at radius 1 is 1.11 bits per heavy atom. The fourth-order valence-electron chi connectivity index (χ4n) is 0.414. The molecule has 0 aliphatic carbocycles. The Bertz CT molecular complexity index is 171. The molecule has 0 spiro atoms. The molecule has 0 unspecified atom stereocenters. The summed E-state index contributed by atoms with van der Waals surface area (Å²) in [5.74, 6) is -1.32. The zero-order chi connectivity index (χ0) is 5.98. The van der Waals surface area contributed by atoms with Crippen LogP contribution in [0.5, 0.6) is 0 Å². The monoisotopic (exact) mass is 161 g/mol. The van der Waals surface area contributed by atoms with Crippen LogP contribution in [0.25, 0.3) is 0 Å². The second kappa shape index (κ2) is 3.75. The first kappa shape index (κ1) is 8.79. The zero-order valence-electron chi connectivity index (χ0n) is 4.49. The van der Waals surface area contributed by atoms with Gasteiger partial charge < -0.3 is 0 Å². The van der Waals surface area contributed by atoms with E-state index in [0.29, 0.717) is 0 Å². The Kier molecular flexibility index (Phi) is 3.67. The SMILES string of the molecule is Fc1[c]c(F)ccc1.[Ti]. The van der Waals surface area contributed by atoms with Crippen LogP contribution in [0.4, 0.5) is 8.78 Å². The summed E-state index contributed by atoms with van der Waals surface area (Å²) in [6.45, 7) is 0. The molecule has 1 aromatic rings. The Morgan fingerprint density at radius 3 is 1.78 bits per heavy atom. The van der Waals surface area contributed by atoms with E-state index in [1.807, 2.05) is 6.07 Å². The first-order chi connectivity index (χ1) is 3.79. The van der Waals surface area contributed by atoms with Crippen LogP contribution < -0.4 is 0 Å². The van der Waals surface area contributed by atoms with Crippen LogP contribution in [0, 0.1) is 17.7 Å². The molecule has 1 radical (unpaired) electrons. The van der Waals surface area contributed by atoms with E-state index in [1.165, 1.54) is 6.07 Å². The van der Waals surface area contributed by atoms with Gasteiger partial charge in [0, 0.05) is 21.7 Å². The summed E-state index contributed by atoms with van der Waals surface area (Å²) in [5.41, 5.74) is 0. The van der Waals surface area contributed by atoms with E-state index in [9.17, 15) is 8.78 Å². The Labute approximate surface area is 66.8 Å². The van der Waals surface area contributed by atoms with Crippen molar-refractivity contribution in [2.45, 2.75) is 0 Å². The van der Waals surface area contributed by atoms with E-state index in [1.54, 1.807) is 0 Å². The van der Waals surface area contributed by atoms with Crippen molar-refractivity contribution in [3.8, 4) is 0 Å². The molecule has 0 amide bonds. The molecule has 0 saturated heterocycles. The normalized spacial score (nSPS) is 8.22. The minimum Gasteiger partial charge on any atom is -0.206 e. The van der Waals surface area contributed by atoms with Crippen LogP contribution in [-0.4, -0.2) is 0 Å². The van der Waals surface area contributed by atoms with Gasteiger partial charge >= 0.3 is 0 Å². The largest absolute Gasteiger partial charge is 0.206 e. The molecule has 0 N–H and O–H groups in total. The van der Waals surface area contributed by atoms with E-state index in [-0.39, 0.29) is 21.7 Å². The van der Waals surface area contributed by atoms with Gasteiger partial charge in [-0.1, -0.05) is 6.07 Å². The van der Waals surface area contributed by atoms with E-state index >= 15 is 0 Å². The predicted molar refractivity (Wildman–Crippen MR) is 25.2 cm³/mol. The van der Waals surface area contributed by atoms with Gasteiger partial charge in [0.25, 0.3) is 0 Å². The van der Waals surface area contributed by atoms with Crippen LogP contribution in [0.1, 0.15) is 0 Å². The quantitative estimate of drug-likeness (QED) is 0.508. The smallest absolute Gasteiger partial charge is 0.134 e. The predicted octanol–water partition coefficient (Wildman–Crippen LogP) is 1.76. The second-order valence-electron chi connectivity index (χ2n) is 1.35. The number of rotatable bonds is 0. The van der Waals surface area contributed by atoms with Gasteiger partial charge in [0.05, 0.1) is 6.07 Å². The van der Waals surface area contributed by atoms with Crippen molar-refractivity contribution in [3.05, 3.63) is 35.9 Å². The maximum atomic E-state index is 11.9. The Balaban J connectivity index is 0.000000640. The summed E-state index contributed by atoms with van der Waals surface area (Å²) in [6, 6.07) is 5.41. The Hall–Kier alpha value is -0.206. The van der Waals surface area contributed by atoms with Crippen LogP contribution in [0.2, 0.25) is 0 Å². The van der Waals surface area contributed by atoms with Crippen molar-refractivity contribution >= 4 is 0 Å². The molecular weight excluding hydrogens is 158 g/mol. The minimum absolute atomic E-state index is 0. The van der Waals surface area contributed by atoms with Gasteiger partial charge in [-0.05, 0) is 12.1 Å². The molecule has 9 heavy (non-hydrogen) atoms. The third-order valence-corrected chi connectivity index (χ3v) is 0.724. The molecule has 3 heteroatoms. The van der Waals surface area contributed by atoms with Crippen molar-refractivity contribution in [3.63, 3.8) is 0 Å². The topological polar surface area (TPSA) is 0 Å². The van der Waals surface area contributed by atoms with Gasteiger partial charge in [0.15, 0.2) is 0 Å². The van der Waals surface area contributed by atoms with Gasteiger partial charge in [-0.2, -0.15) is 0 Å². The average Bonchev–Trinajstić information content (AvgIpc) is 1.64. The molecule has 1 rings (SSSR count). The fraction of sp³-hybridized carbons (Fsp3) is 0. The van der Waals surface area contributed by atoms with Crippen molar-refractivity contribution in [1.29, 1.82) is 0 Å². The second-order valence-corrected chi connectivity index (χ2v) is 1.35. The van der Waals surface area contributed by atoms with Gasteiger partial charge in [-0.3, -0.25) is 0 Å². The summed E-state index contributed by atoms with van der Waals surface area (Å²) in [6.07, 6.45) is 0. The zero-order valence-corrected chi connectivity index (χ0v) is 6.05. The van der Waals surface area contributed by atoms with E-state index in [4.69, 9.17) is 0 Å². The van der Waals surface area contributed by atoms with E-state index < -0.39 is 11.6 Å². The summed E-state index contributed by atoms with van der Waals surface area (Å²) >= 11 is 0. The van der Waals surface area contributed by atoms with Gasteiger partial charge in [-0.15, -0.1) is 0 Å². The third-order valence-electron chi connectivity index (χ3n) is 0.724. The maximum Gasteiger partial charge on any atom is 0.134 e. The molecule has 0 heterocycles. The molecule has 0 aliphatic heterocycles.